The van der Waals surface area contributed by atoms with Gasteiger partial charge in [-0.3, -0.25) is 9.36 Å². The first-order valence-electron chi connectivity index (χ1n) is 12.7. The molecule has 39 heavy (non-hydrogen) atoms. The van der Waals surface area contributed by atoms with E-state index in [2.05, 4.69) is 20.9 Å². The number of hydrogen-bond acceptors (Lipinski definition) is 8. The van der Waals surface area contributed by atoms with Crippen molar-refractivity contribution >= 4 is 39.3 Å². The monoisotopic (exact) mass is 614 g/mol. The maximum atomic E-state index is 14.0. The number of thiazole rings is 1. The van der Waals surface area contributed by atoms with Crippen molar-refractivity contribution in [1.82, 2.24) is 4.57 Å². The van der Waals surface area contributed by atoms with Crippen LogP contribution in [-0.4, -0.2) is 37.0 Å². The maximum absolute atomic E-state index is 14.0. The quantitative estimate of drug-likeness (QED) is 0.323. The van der Waals surface area contributed by atoms with Crippen LogP contribution >= 0.6 is 27.3 Å². The molecule has 2 heterocycles. The first-order chi connectivity index (χ1) is 18.7. The summed E-state index contributed by atoms with van der Waals surface area (Å²) < 4.78 is 25.3. The average molecular weight is 616 g/mol. The summed E-state index contributed by atoms with van der Waals surface area (Å²) in [6.45, 7) is 9.92. The van der Waals surface area contributed by atoms with Crippen LogP contribution in [0.25, 0.3) is 6.08 Å². The molecule has 0 saturated carbocycles. The van der Waals surface area contributed by atoms with Crippen LogP contribution < -0.4 is 29.1 Å². The summed E-state index contributed by atoms with van der Waals surface area (Å²) in [6, 6.07) is 10.3. The van der Waals surface area contributed by atoms with Gasteiger partial charge in [0.25, 0.3) is 5.56 Å². The zero-order chi connectivity index (χ0) is 28.3. The van der Waals surface area contributed by atoms with Crippen molar-refractivity contribution in [3.8, 4) is 17.2 Å². The van der Waals surface area contributed by atoms with Gasteiger partial charge in [0.1, 0.15) is 5.75 Å². The Morgan fingerprint density at radius 1 is 1.15 bits per heavy atom. The highest BCUT2D eigenvalue weighted by molar-refractivity contribution is 9.10. The number of ether oxygens (including phenoxy) is 4. The van der Waals surface area contributed by atoms with Crippen molar-refractivity contribution in [2.24, 2.45) is 4.99 Å². The predicted octanol–water partition coefficient (Wildman–Crippen LogP) is 4.76. The number of benzene rings is 2. The number of allylic oxidation sites excluding steroid dienone is 1. The smallest absolute Gasteiger partial charge is 0.338 e. The molecule has 10 heteroatoms. The minimum absolute atomic E-state index is 0.0254. The van der Waals surface area contributed by atoms with E-state index < -0.39 is 12.0 Å². The minimum Gasteiger partial charge on any atom is -0.493 e. The van der Waals surface area contributed by atoms with Gasteiger partial charge in [-0.2, -0.15) is 0 Å². The fourth-order valence-electron chi connectivity index (χ4n) is 4.38. The molecule has 8 nitrogen and oxygen atoms in total. The van der Waals surface area contributed by atoms with E-state index in [9.17, 15) is 9.59 Å². The van der Waals surface area contributed by atoms with E-state index in [1.54, 1.807) is 43.7 Å². The van der Waals surface area contributed by atoms with Crippen LogP contribution in [0, 0.1) is 0 Å². The molecule has 0 N–H and O–H groups in total. The van der Waals surface area contributed by atoms with Crippen molar-refractivity contribution in [2.45, 2.75) is 46.8 Å². The van der Waals surface area contributed by atoms with Crippen molar-refractivity contribution in [1.29, 1.82) is 0 Å². The third-order valence-electron chi connectivity index (χ3n) is 5.96. The van der Waals surface area contributed by atoms with Crippen LogP contribution in [0.3, 0.4) is 0 Å². The second-order valence-electron chi connectivity index (χ2n) is 8.96. The normalized spacial score (nSPS) is 15.2. The van der Waals surface area contributed by atoms with Gasteiger partial charge >= 0.3 is 5.97 Å². The van der Waals surface area contributed by atoms with Crippen LogP contribution in [-0.2, 0) is 9.53 Å². The lowest BCUT2D eigenvalue weighted by molar-refractivity contribution is -0.139. The molecule has 3 aromatic rings. The summed E-state index contributed by atoms with van der Waals surface area (Å²) in [6.07, 6.45) is 1.78. The Bertz CT molecular complexity index is 1600. The number of rotatable bonds is 9. The number of fused-ring (bicyclic) bond motifs is 1. The molecular weight excluding hydrogens is 584 g/mol. The summed E-state index contributed by atoms with van der Waals surface area (Å²) in [5, 5.41) is 0. The number of halogens is 1. The average Bonchev–Trinajstić information content (AvgIpc) is 3.19. The molecule has 0 fully saturated rings. The molecule has 0 saturated heterocycles. The molecule has 0 bridgehead atoms. The van der Waals surface area contributed by atoms with Crippen molar-refractivity contribution in [3.05, 3.63) is 83.0 Å². The van der Waals surface area contributed by atoms with Gasteiger partial charge in [0.15, 0.2) is 16.3 Å². The molecule has 0 radical (unpaired) electrons. The first-order valence-corrected chi connectivity index (χ1v) is 14.3. The van der Waals surface area contributed by atoms with Crippen LogP contribution in [0.15, 0.2) is 61.9 Å². The number of para-hydroxylation sites is 1. The van der Waals surface area contributed by atoms with E-state index in [1.807, 2.05) is 45.0 Å². The Labute approximate surface area is 239 Å². The number of carbonyl (C=O) groups excluding carboxylic acids is 1. The van der Waals surface area contributed by atoms with Crippen molar-refractivity contribution < 1.29 is 23.7 Å². The lowest BCUT2D eigenvalue weighted by Gasteiger charge is -2.26. The second-order valence-corrected chi connectivity index (χ2v) is 10.8. The molecule has 1 aliphatic heterocycles. The molecular formula is C29H31BrN2O6S. The lowest BCUT2D eigenvalue weighted by Crippen LogP contribution is -2.40. The first kappa shape index (κ1) is 28.6. The largest absolute Gasteiger partial charge is 0.493 e. The van der Waals surface area contributed by atoms with E-state index in [1.165, 1.54) is 11.3 Å². The Kier molecular flexibility index (Phi) is 8.97. The highest BCUT2D eigenvalue weighted by Crippen LogP contribution is 2.41. The van der Waals surface area contributed by atoms with E-state index in [0.717, 1.165) is 5.56 Å². The third kappa shape index (κ3) is 5.81. The number of hydrogen-bond donors (Lipinski definition) is 0. The zero-order valence-corrected chi connectivity index (χ0v) is 25.1. The standard InChI is InChI=1S/C29H31BrN2O6S/c1-7-36-23-15-20(30)19(14-22(23)35-6)26-25(28(34)37-8-2)17(5)31-29-32(26)27(33)24(39-29)13-18-11-9-10-12-21(18)38-16(3)4/h9-16,26H,7-8H2,1-6H3/b24-13+/t26-/m0/s1. The molecule has 0 aliphatic carbocycles. The summed E-state index contributed by atoms with van der Waals surface area (Å²) in [5.74, 6) is 1.17. The van der Waals surface area contributed by atoms with Crippen LogP contribution in [0.1, 0.15) is 51.8 Å². The summed E-state index contributed by atoms with van der Waals surface area (Å²) >= 11 is 4.90. The van der Waals surface area contributed by atoms with Crippen molar-refractivity contribution in [2.75, 3.05) is 20.3 Å². The SMILES string of the molecule is CCOC(=O)C1=C(C)N=c2s/c(=C/c3ccccc3OC(C)C)c(=O)n2[C@H]1c1cc(OC)c(OCC)cc1Br. The second kappa shape index (κ2) is 12.2. The zero-order valence-electron chi connectivity index (χ0n) is 22.7. The van der Waals surface area contributed by atoms with Gasteiger partial charge in [0.05, 0.1) is 48.3 Å². The number of methoxy groups -OCH3 is 1. The van der Waals surface area contributed by atoms with Crippen LogP contribution in [0.5, 0.6) is 17.2 Å². The molecule has 2 aromatic carbocycles. The van der Waals surface area contributed by atoms with Gasteiger partial charge in [-0.1, -0.05) is 45.5 Å². The topological polar surface area (TPSA) is 88.4 Å². The fraction of sp³-hybridized carbons (Fsp3) is 0.345. The third-order valence-corrected chi connectivity index (χ3v) is 7.63. The fourth-order valence-corrected chi connectivity index (χ4v) is 5.95. The molecule has 0 amide bonds. The minimum atomic E-state index is -0.802. The Morgan fingerprint density at radius 2 is 1.90 bits per heavy atom. The van der Waals surface area contributed by atoms with Crippen molar-refractivity contribution in [3.63, 3.8) is 0 Å². The van der Waals surface area contributed by atoms with E-state index in [-0.39, 0.29) is 23.8 Å². The van der Waals surface area contributed by atoms with E-state index in [0.29, 0.717) is 48.9 Å². The molecule has 0 spiro atoms. The number of esters is 1. The number of aromatic nitrogens is 1. The van der Waals surface area contributed by atoms with Gasteiger partial charge in [-0.05, 0) is 64.5 Å². The van der Waals surface area contributed by atoms with Gasteiger partial charge in [-0.25, -0.2) is 9.79 Å². The molecule has 1 aliphatic rings. The van der Waals surface area contributed by atoms with E-state index >= 15 is 0 Å². The number of nitrogens with zero attached hydrogens (tertiary/aromatic N) is 2. The van der Waals surface area contributed by atoms with E-state index in [4.69, 9.17) is 18.9 Å². The van der Waals surface area contributed by atoms with Gasteiger partial charge in [0, 0.05) is 10.0 Å². The van der Waals surface area contributed by atoms with Gasteiger partial charge < -0.3 is 18.9 Å². The Hall–Kier alpha value is -3.37. The highest BCUT2D eigenvalue weighted by Gasteiger charge is 2.35. The summed E-state index contributed by atoms with van der Waals surface area (Å²) in [5.41, 5.74) is 1.90. The van der Waals surface area contributed by atoms with Crippen LogP contribution in [0.2, 0.25) is 0 Å². The summed E-state index contributed by atoms with van der Waals surface area (Å²) in [4.78, 5) is 32.4. The summed E-state index contributed by atoms with van der Waals surface area (Å²) in [7, 11) is 1.55. The highest BCUT2D eigenvalue weighted by atomic mass is 79.9. The maximum Gasteiger partial charge on any atom is 0.338 e. The molecule has 0 unspecified atom stereocenters. The molecule has 4 rings (SSSR count). The molecule has 206 valence electrons. The van der Waals surface area contributed by atoms with Gasteiger partial charge in [0.2, 0.25) is 0 Å². The predicted molar refractivity (Wildman–Crippen MR) is 154 cm³/mol. The lowest BCUT2D eigenvalue weighted by atomic mass is 9.95. The molecule has 1 aromatic heterocycles. The van der Waals surface area contributed by atoms with Crippen LogP contribution in [0.4, 0.5) is 0 Å². The Morgan fingerprint density at radius 3 is 2.56 bits per heavy atom. The molecule has 1 atom stereocenters. The number of carbonyl (C=O) groups is 1. The Balaban J connectivity index is 1.99. The van der Waals surface area contributed by atoms with Gasteiger partial charge in [-0.15, -0.1) is 0 Å².